The van der Waals surface area contributed by atoms with E-state index in [-0.39, 0.29) is 27.7 Å². The molecular weight excluding hydrogens is 504 g/mol. The van der Waals surface area contributed by atoms with Gasteiger partial charge in [0, 0.05) is 22.6 Å². The lowest BCUT2D eigenvalue weighted by Crippen LogP contribution is -2.29. The second kappa shape index (κ2) is 10.3. The number of methoxy groups -OCH3 is 1. The van der Waals surface area contributed by atoms with E-state index in [9.17, 15) is 19.8 Å². The lowest BCUT2D eigenvalue weighted by atomic mass is 9.95. The highest BCUT2D eigenvalue weighted by Crippen LogP contribution is 2.43. The van der Waals surface area contributed by atoms with E-state index >= 15 is 0 Å². The highest BCUT2D eigenvalue weighted by molar-refractivity contribution is 6.51. The zero-order valence-corrected chi connectivity index (χ0v) is 21.0. The number of phenols is 1. The van der Waals surface area contributed by atoms with Gasteiger partial charge in [0.15, 0.2) is 0 Å². The molecule has 1 heterocycles. The average Bonchev–Trinajstić information content (AvgIpc) is 3.19. The lowest BCUT2D eigenvalue weighted by molar-refractivity contribution is -0.132. The van der Waals surface area contributed by atoms with Crippen LogP contribution in [-0.4, -0.2) is 29.0 Å². The number of hydrogen-bond acceptors (Lipinski definition) is 6. The van der Waals surface area contributed by atoms with Crippen LogP contribution in [0.5, 0.6) is 11.5 Å². The SMILES string of the molecule is COc1ccc(/C(O)=C2/C(=O)C(=O)N(c3ccc(Nc4ccccc4)cc3)C2c2ccc(O)cc2)cc1Cl. The topological polar surface area (TPSA) is 99.1 Å². The summed E-state index contributed by atoms with van der Waals surface area (Å²) in [5, 5.41) is 24.6. The number of para-hydroxylation sites is 1. The van der Waals surface area contributed by atoms with Gasteiger partial charge in [0.05, 0.1) is 23.7 Å². The number of nitrogens with one attached hydrogen (secondary N) is 1. The third-order valence-corrected chi connectivity index (χ3v) is 6.58. The Labute approximate surface area is 224 Å². The standard InChI is InChI=1S/C30H23ClN2O5/c1-38-25-16-9-19(17-24(25)31)28(35)26-27(18-7-14-23(34)15-8-18)33(30(37)29(26)36)22-12-10-21(11-13-22)32-20-5-3-2-4-6-20/h2-17,27,32,34-35H,1H3/b28-26-. The molecule has 5 rings (SSSR count). The maximum Gasteiger partial charge on any atom is 0.300 e. The van der Waals surface area contributed by atoms with E-state index in [1.165, 1.54) is 30.2 Å². The molecular formula is C30H23ClN2O5. The van der Waals surface area contributed by atoms with E-state index in [0.717, 1.165) is 11.4 Å². The summed E-state index contributed by atoms with van der Waals surface area (Å²) in [6.45, 7) is 0. The summed E-state index contributed by atoms with van der Waals surface area (Å²) in [5.41, 5.74) is 2.88. The lowest BCUT2D eigenvalue weighted by Gasteiger charge is -2.25. The average molecular weight is 527 g/mol. The minimum atomic E-state index is -0.940. The van der Waals surface area contributed by atoms with Gasteiger partial charge in [-0.3, -0.25) is 14.5 Å². The van der Waals surface area contributed by atoms with Crippen LogP contribution in [0.25, 0.3) is 5.76 Å². The number of ketones is 1. The fraction of sp³-hybridized carbons (Fsp3) is 0.0667. The fourth-order valence-corrected chi connectivity index (χ4v) is 4.69. The number of aliphatic hydroxyl groups is 1. The van der Waals surface area contributed by atoms with Crippen molar-refractivity contribution in [2.24, 2.45) is 0 Å². The van der Waals surface area contributed by atoms with E-state index < -0.39 is 17.7 Å². The number of rotatable bonds is 6. The summed E-state index contributed by atoms with van der Waals surface area (Å²) in [6, 6.07) is 26.5. The first-order valence-electron chi connectivity index (χ1n) is 11.7. The molecule has 4 aromatic rings. The first-order valence-corrected chi connectivity index (χ1v) is 12.1. The van der Waals surface area contributed by atoms with Gasteiger partial charge in [-0.05, 0) is 72.3 Å². The molecule has 1 aliphatic heterocycles. The van der Waals surface area contributed by atoms with Crippen molar-refractivity contribution in [3.63, 3.8) is 0 Å². The summed E-state index contributed by atoms with van der Waals surface area (Å²) in [6.07, 6.45) is 0. The number of carbonyl (C=O) groups is 2. The zero-order chi connectivity index (χ0) is 26.8. The first-order chi connectivity index (χ1) is 18.4. The number of anilines is 3. The molecule has 0 aliphatic carbocycles. The Morgan fingerprint density at radius 2 is 1.55 bits per heavy atom. The Kier molecular flexibility index (Phi) is 6.77. The van der Waals surface area contributed by atoms with Crippen molar-refractivity contribution in [3.8, 4) is 11.5 Å². The van der Waals surface area contributed by atoms with Crippen molar-refractivity contribution in [2.45, 2.75) is 6.04 Å². The summed E-state index contributed by atoms with van der Waals surface area (Å²) in [7, 11) is 1.47. The molecule has 8 heteroatoms. The number of phenolic OH excluding ortho intramolecular Hbond substituents is 1. The molecule has 7 nitrogen and oxygen atoms in total. The minimum Gasteiger partial charge on any atom is -0.508 e. The van der Waals surface area contributed by atoms with Crippen molar-refractivity contribution in [1.82, 2.24) is 0 Å². The smallest absolute Gasteiger partial charge is 0.300 e. The number of Topliss-reactive ketones (excluding diaryl/α,β-unsaturated/α-hetero) is 1. The third-order valence-electron chi connectivity index (χ3n) is 6.29. The number of aliphatic hydroxyl groups excluding tert-OH is 1. The second-order valence-electron chi connectivity index (χ2n) is 8.65. The van der Waals surface area contributed by atoms with E-state index in [0.29, 0.717) is 17.0 Å². The van der Waals surface area contributed by atoms with E-state index in [1.807, 2.05) is 30.3 Å². The normalized spacial score (nSPS) is 16.5. The number of amides is 1. The predicted molar refractivity (Wildman–Crippen MR) is 147 cm³/mol. The molecule has 1 aliphatic rings. The third kappa shape index (κ3) is 4.67. The second-order valence-corrected chi connectivity index (χ2v) is 9.06. The number of ether oxygens (including phenoxy) is 1. The molecule has 0 bridgehead atoms. The van der Waals surface area contributed by atoms with E-state index in [4.69, 9.17) is 16.3 Å². The molecule has 3 N–H and O–H groups in total. The van der Waals surface area contributed by atoms with Crippen LogP contribution in [0.3, 0.4) is 0 Å². The Morgan fingerprint density at radius 3 is 2.18 bits per heavy atom. The molecule has 0 radical (unpaired) electrons. The number of nitrogens with zero attached hydrogens (tertiary/aromatic N) is 1. The van der Waals surface area contributed by atoms with Gasteiger partial charge in [-0.1, -0.05) is 41.9 Å². The molecule has 1 fully saturated rings. The van der Waals surface area contributed by atoms with Crippen molar-refractivity contribution in [2.75, 3.05) is 17.3 Å². The van der Waals surface area contributed by atoms with Gasteiger partial charge in [0.2, 0.25) is 0 Å². The fourth-order valence-electron chi connectivity index (χ4n) is 4.43. The van der Waals surface area contributed by atoms with E-state index in [1.54, 1.807) is 48.5 Å². The Hall–Kier alpha value is -4.75. The Balaban J connectivity index is 1.59. The zero-order valence-electron chi connectivity index (χ0n) is 20.3. The number of aromatic hydroxyl groups is 1. The van der Waals surface area contributed by atoms with Gasteiger partial charge in [-0.15, -0.1) is 0 Å². The van der Waals surface area contributed by atoms with Gasteiger partial charge in [-0.2, -0.15) is 0 Å². The van der Waals surface area contributed by atoms with Gasteiger partial charge < -0.3 is 20.3 Å². The predicted octanol–water partition coefficient (Wildman–Crippen LogP) is 6.42. The molecule has 1 amide bonds. The maximum absolute atomic E-state index is 13.4. The number of benzene rings is 4. The van der Waals surface area contributed by atoms with Crippen LogP contribution in [0.15, 0.2) is 103 Å². The molecule has 1 saturated heterocycles. The van der Waals surface area contributed by atoms with E-state index in [2.05, 4.69) is 5.32 Å². The Morgan fingerprint density at radius 1 is 0.895 bits per heavy atom. The van der Waals surface area contributed by atoms with Gasteiger partial charge >= 0.3 is 0 Å². The number of halogens is 1. The van der Waals surface area contributed by atoms with Crippen LogP contribution in [0, 0.1) is 0 Å². The highest BCUT2D eigenvalue weighted by Gasteiger charge is 2.47. The van der Waals surface area contributed by atoms with Crippen LogP contribution < -0.4 is 15.0 Å². The molecule has 0 saturated carbocycles. The molecule has 190 valence electrons. The summed E-state index contributed by atoms with van der Waals surface area (Å²) in [5.74, 6) is -1.55. The minimum absolute atomic E-state index is 0.0315. The van der Waals surface area contributed by atoms with Crippen molar-refractivity contribution < 1.29 is 24.5 Å². The highest BCUT2D eigenvalue weighted by atomic mass is 35.5. The molecule has 0 aromatic heterocycles. The van der Waals surface area contributed by atoms with Crippen LogP contribution in [0.1, 0.15) is 17.2 Å². The van der Waals surface area contributed by atoms with Gasteiger partial charge in [-0.25, -0.2) is 0 Å². The Bertz CT molecular complexity index is 1530. The number of carbonyl (C=O) groups excluding carboxylic acids is 2. The largest absolute Gasteiger partial charge is 0.508 e. The summed E-state index contributed by atoms with van der Waals surface area (Å²) >= 11 is 6.26. The van der Waals surface area contributed by atoms with Gasteiger partial charge in [0.1, 0.15) is 17.3 Å². The molecule has 1 unspecified atom stereocenters. The molecule has 38 heavy (non-hydrogen) atoms. The summed E-state index contributed by atoms with van der Waals surface area (Å²) in [4.78, 5) is 28.1. The number of hydrogen-bond donors (Lipinski definition) is 3. The van der Waals surface area contributed by atoms with Crippen molar-refractivity contribution in [1.29, 1.82) is 0 Å². The van der Waals surface area contributed by atoms with Crippen LogP contribution in [0.2, 0.25) is 5.02 Å². The van der Waals surface area contributed by atoms with Crippen LogP contribution in [-0.2, 0) is 9.59 Å². The van der Waals surface area contributed by atoms with Crippen molar-refractivity contribution in [3.05, 3.63) is 119 Å². The maximum atomic E-state index is 13.4. The quantitative estimate of drug-likeness (QED) is 0.152. The van der Waals surface area contributed by atoms with Crippen LogP contribution in [0.4, 0.5) is 17.1 Å². The molecule has 0 spiro atoms. The molecule has 4 aromatic carbocycles. The first kappa shape index (κ1) is 24.9. The summed E-state index contributed by atoms with van der Waals surface area (Å²) < 4.78 is 5.18. The van der Waals surface area contributed by atoms with Gasteiger partial charge in [0.25, 0.3) is 11.7 Å². The monoisotopic (exact) mass is 526 g/mol. The van der Waals surface area contributed by atoms with Crippen LogP contribution >= 0.6 is 11.6 Å². The van der Waals surface area contributed by atoms with Crippen molar-refractivity contribution >= 4 is 46.1 Å². The molecule has 1 atom stereocenters.